The minimum absolute atomic E-state index is 0.163. The monoisotopic (exact) mass is 389 g/mol. The van der Waals surface area contributed by atoms with E-state index in [9.17, 15) is 4.79 Å². The number of benzene rings is 1. The Labute approximate surface area is 159 Å². The molecular weight excluding hydrogens is 374 g/mol. The highest BCUT2D eigenvalue weighted by Gasteiger charge is 2.13. The normalized spacial score (nSPS) is 11.2. The highest BCUT2D eigenvalue weighted by Crippen LogP contribution is 2.24. The molecule has 3 rings (SSSR count). The molecule has 1 aromatic carbocycles. The van der Waals surface area contributed by atoms with Gasteiger partial charge in [0.25, 0.3) is 5.91 Å². The maximum Gasteiger partial charge on any atom is 0.250 e. The van der Waals surface area contributed by atoms with Crippen LogP contribution in [0.4, 0.5) is 0 Å². The first-order valence-corrected chi connectivity index (χ1v) is 9.06. The lowest BCUT2D eigenvalue weighted by Crippen LogP contribution is -2.19. The van der Waals surface area contributed by atoms with Crippen LogP contribution in [0, 0.1) is 6.92 Å². The van der Waals surface area contributed by atoms with Gasteiger partial charge in [0.05, 0.1) is 12.0 Å². The molecule has 7 nitrogen and oxygen atoms in total. The number of aryl methyl sites for hydroxylation is 1. The maximum absolute atomic E-state index is 11.9. The number of halogens is 1. The van der Waals surface area contributed by atoms with Gasteiger partial charge in [-0.15, -0.1) is 10.2 Å². The molecule has 0 radical (unpaired) electrons. The van der Waals surface area contributed by atoms with Crippen molar-refractivity contribution < 1.29 is 9.21 Å². The summed E-state index contributed by atoms with van der Waals surface area (Å²) >= 11 is 7.29. The first-order valence-electron chi connectivity index (χ1n) is 7.69. The van der Waals surface area contributed by atoms with Crippen LogP contribution < -0.4 is 5.43 Å². The van der Waals surface area contributed by atoms with Crippen molar-refractivity contribution in [3.63, 3.8) is 0 Å². The molecule has 0 unspecified atom stereocenters. The van der Waals surface area contributed by atoms with Crippen LogP contribution in [0.15, 0.2) is 51.1 Å². The van der Waals surface area contributed by atoms with Crippen LogP contribution in [-0.2, 0) is 11.8 Å². The quantitative estimate of drug-likeness (QED) is 0.397. The van der Waals surface area contributed by atoms with Crippen molar-refractivity contribution in [2.45, 2.75) is 12.1 Å². The van der Waals surface area contributed by atoms with E-state index in [0.717, 1.165) is 11.3 Å². The summed E-state index contributed by atoms with van der Waals surface area (Å²) in [5.41, 5.74) is 3.31. The molecule has 0 bridgehead atoms. The molecular formula is C17H16ClN5O2S. The number of carbonyl (C=O) groups excluding carboxylic acids is 1. The number of rotatable bonds is 6. The Balaban J connectivity index is 1.56. The van der Waals surface area contributed by atoms with Gasteiger partial charge in [0, 0.05) is 17.6 Å². The van der Waals surface area contributed by atoms with Crippen molar-refractivity contribution >= 4 is 35.5 Å². The Morgan fingerprint density at radius 2 is 2.23 bits per heavy atom. The second kappa shape index (κ2) is 8.20. The number of nitrogens with zero attached hydrogens (tertiary/aromatic N) is 4. The fraction of sp³-hybridized carbons (Fsp3) is 0.176. The third-order valence-corrected chi connectivity index (χ3v) is 4.65. The van der Waals surface area contributed by atoms with E-state index in [1.54, 1.807) is 12.1 Å². The Bertz CT molecular complexity index is 950. The van der Waals surface area contributed by atoms with E-state index in [0.29, 0.717) is 21.8 Å². The summed E-state index contributed by atoms with van der Waals surface area (Å²) < 4.78 is 7.14. The fourth-order valence-corrected chi connectivity index (χ4v) is 3.07. The van der Waals surface area contributed by atoms with Gasteiger partial charge < -0.3 is 8.98 Å². The smallest absolute Gasteiger partial charge is 0.250 e. The van der Waals surface area contributed by atoms with Gasteiger partial charge >= 0.3 is 0 Å². The lowest BCUT2D eigenvalue weighted by molar-refractivity contribution is -0.118. The van der Waals surface area contributed by atoms with Gasteiger partial charge in [0.2, 0.25) is 0 Å². The lowest BCUT2D eigenvalue weighted by Gasteiger charge is -2.04. The van der Waals surface area contributed by atoms with Crippen LogP contribution >= 0.6 is 23.4 Å². The minimum atomic E-state index is -0.248. The van der Waals surface area contributed by atoms with Crippen molar-refractivity contribution in [1.82, 2.24) is 20.2 Å². The van der Waals surface area contributed by atoms with Crippen molar-refractivity contribution in [2.75, 3.05) is 5.75 Å². The number of amides is 1. The number of furan rings is 1. The zero-order chi connectivity index (χ0) is 18.5. The van der Waals surface area contributed by atoms with Crippen LogP contribution in [0.25, 0.3) is 11.4 Å². The van der Waals surface area contributed by atoms with Gasteiger partial charge in [-0.1, -0.05) is 35.5 Å². The summed E-state index contributed by atoms with van der Waals surface area (Å²) in [6.07, 6.45) is 1.45. The Morgan fingerprint density at radius 1 is 1.38 bits per heavy atom. The van der Waals surface area contributed by atoms with Crippen LogP contribution in [0.3, 0.4) is 0 Å². The third kappa shape index (κ3) is 4.53. The summed E-state index contributed by atoms with van der Waals surface area (Å²) in [6.45, 7) is 1.84. The minimum Gasteiger partial charge on any atom is -0.460 e. The van der Waals surface area contributed by atoms with Crippen molar-refractivity contribution in [3.8, 4) is 11.4 Å². The molecule has 3 aromatic rings. The maximum atomic E-state index is 11.9. The average molecular weight is 390 g/mol. The molecule has 134 valence electrons. The van der Waals surface area contributed by atoms with Crippen LogP contribution in [0.1, 0.15) is 11.5 Å². The van der Waals surface area contributed by atoms with Gasteiger partial charge in [0.15, 0.2) is 11.0 Å². The van der Waals surface area contributed by atoms with E-state index in [1.165, 1.54) is 18.0 Å². The molecule has 26 heavy (non-hydrogen) atoms. The number of aromatic nitrogens is 3. The number of hydrogen-bond donors (Lipinski definition) is 1. The van der Waals surface area contributed by atoms with Gasteiger partial charge in [-0.25, -0.2) is 5.43 Å². The van der Waals surface area contributed by atoms with Crippen LogP contribution in [0.2, 0.25) is 5.02 Å². The first kappa shape index (κ1) is 18.2. The zero-order valence-corrected chi connectivity index (χ0v) is 15.7. The molecule has 0 aliphatic rings. The highest BCUT2D eigenvalue weighted by atomic mass is 35.5. The molecule has 2 heterocycles. The molecule has 0 aliphatic carbocycles. The van der Waals surface area contributed by atoms with Crippen LogP contribution in [0.5, 0.6) is 0 Å². The van der Waals surface area contributed by atoms with Crippen molar-refractivity contribution in [2.24, 2.45) is 12.1 Å². The topological polar surface area (TPSA) is 85.3 Å². The summed E-state index contributed by atoms with van der Waals surface area (Å²) in [7, 11) is 1.84. The van der Waals surface area contributed by atoms with E-state index in [-0.39, 0.29) is 11.7 Å². The molecule has 9 heteroatoms. The Morgan fingerprint density at radius 3 is 2.96 bits per heavy atom. The molecule has 0 fully saturated rings. The largest absolute Gasteiger partial charge is 0.460 e. The number of hydrazone groups is 1. The fourth-order valence-electron chi connectivity index (χ4n) is 2.17. The van der Waals surface area contributed by atoms with E-state index >= 15 is 0 Å². The molecule has 1 amide bonds. The number of thioether (sulfide) groups is 1. The predicted molar refractivity (Wildman–Crippen MR) is 101 cm³/mol. The SMILES string of the molecule is Cc1ccc(/C=N\NC(=O)CSc2nnc(-c3cccc(Cl)c3)n2C)o1. The Hall–Kier alpha value is -2.58. The van der Waals surface area contributed by atoms with E-state index in [2.05, 4.69) is 20.7 Å². The molecule has 0 spiro atoms. The molecule has 0 atom stereocenters. The molecule has 1 N–H and O–H groups in total. The van der Waals surface area contributed by atoms with Crippen molar-refractivity contribution in [3.05, 3.63) is 52.9 Å². The van der Waals surface area contributed by atoms with Gasteiger partial charge in [0.1, 0.15) is 11.5 Å². The summed E-state index contributed by atoms with van der Waals surface area (Å²) in [4.78, 5) is 11.9. The molecule has 0 aliphatic heterocycles. The first-order chi connectivity index (χ1) is 12.5. The molecule has 0 saturated heterocycles. The number of hydrogen-bond acceptors (Lipinski definition) is 6. The van der Waals surface area contributed by atoms with E-state index in [4.69, 9.17) is 16.0 Å². The molecule has 0 saturated carbocycles. The lowest BCUT2D eigenvalue weighted by atomic mass is 10.2. The van der Waals surface area contributed by atoms with Gasteiger partial charge in [-0.2, -0.15) is 5.10 Å². The van der Waals surface area contributed by atoms with Crippen molar-refractivity contribution in [1.29, 1.82) is 0 Å². The van der Waals surface area contributed by atoms with Crippen LogP contribution in [-0.4, -0.2) is 32.6 Å². The average Bonchev–Trinajstić information content (AvgIpc) is 3.19. The number of nitrogens with one attached hydrogen (secondary N) is 1. The second-order valence-corrected chi connectivity index (χ2v) is 6.78. The van der Waals surface area contributed by atoms with E-state index < -0.39 is 0 Å². The highest BCUT2D eigenvalue weighted by molar-refractivity contribution is 7.99. The third-order valence-electron chi connectivity index (χ3n) is 3.39. The summed E-state index contributed by atoms with van der Waals surface area (Å²) in [5.74, 6) is 1.96. The van der Waals surface area contributed by atoms with Gasteiger partial charge in [-0.3, -0.25) is 4.79 Å². The zero-order valence-electron chi connectivity index (χ0n) is 14.1. The van der Waals surface area contributed by atoms with E-state index in [1.807, 2.05) is 42.8 Å². The number of carbonyl (C=O) groups is 1. The summed E-state index contributed by atoms with van der Waals surface area (Å²) in [5, 5.41) is 13.4. The molecule has 2 aromatic heterocycles. The van der Waals surface area contributed by atoms with Gasteiger partial charge in [-0.05, 0) is 31.2 Å². The predicted octanol–water partition coefficient (Wildman–Crippen LogP) is 3.28. The Kier molecular flexibility index (Phi) is 5.75. The second-order valence-electron chi connectivity index (χ2n) is 5.41. The standard InChI is InChI=1S/C17H16ClN5O2S/c1-11-6-7-14(25-11)9-19-20-15(24)10-26-17-22-21-16(23(17)2)12-4-3-5-13(18)8-12/h3-9H,10H2,1-2H3,(H,20,24)/b19-9-. The summed E-state index contributed by atoms with van der Waals surface area (Å²) in [6, 6.07) is 11.0.